The molecule has 0 saturated heterocycles. The number of fused-ring (bicyclic) bond motifs is 1. The number of H-pyrrole nitrogens is 1. The predicted octanol–water partition coefficient (Wildman–Crippen LogP) is 3.86. The smallest absolute Gasteiger partial charge is 0.194 e. The van der Waals surface area contributed by atoms with Crippen LogP contribution in [0.15, 0.2) is 60.7 Å². The van der Waals surface area contributed by atoms with Gasteiger partial charge in [-0.2, -0.15) is 0 Å². The van der Waals surface area contributed by atoms with Crippen LogP contribution in [0.1, 0.15) is 44.1 Å². The lowest BCUT2D eigenvalue weighted by atomic mass is 9.88. The summed E-state index contributed by atoms with van der Waals surface area (Å²) in [4.78, 5) is 33.9. The van der Waals surface area contributed by atoms with Crippen molar-refractivity contribution in [3.8, 4) is 0 Å². The number of nitrogens with zero attached hydrogens (tertiary/aromatic N) is 1. The quantitative estimate of drug-likeness (QED) is 0.224. The van der Waals surface area contributed by atoms with Crippen LogP contribution in [-0.4, -0.2) is 38.4 Å². The second kappa shape index (κ2) is 8.97. The third-order valence-corrected chi connectivity index (χ3v) is 5.20. The number of Topliss-reactive ketones (excluding diaryl/α,β-unsaturated/α-hetero) is 2. The zero-order valence-corrected chi connectivity index (χ0v) is 16.9. The predicted molar refractivity (Wildman–Crippen MR) is 112 cm³/mol. The van der Waals surface area contributed by atoms with E-state index in [1.54, 1.807) is 24.3 Å². The Morgan fingerprint density at radius 1 is 0.909 bits per heavy atom. The molecular formula is C24H17F3N2O4. The van der Waals surface area contributed by atoms with Gasteiger partial charge >= 0.3 is 0 Å². The number of aliphatic hydroxyl groups excluding tert-OH is 2. The number of imidazole rings is 1. The molecule has 3 aromatic carbocycles. The highest BCUT2D eigenvalue weighted by Gasteiger charge is 2.34. The van der Waals surface area contributed by atoms with Crippen LogP contribution >= 0.6 is 0 Å². The second-order valence-corrected chi connectivity index (χ2v) is 7.38. The zero-order valence-electron chi connectivity index (χ0n) is 16.9. The second-order valence-electron chi connectivity index (χ2n) is 7.38. The largest absolute Gasteiger partial charge is 0.393 e. The summed E-state index contributed by atoms with van der Waals surface area (Å²) in [6.45, 7) is -0.586. The number of carbonyl (C=O) groups excluding carboxylic acids is 2. The van der Waals surface area contributed by atoms with E-state index in [4.69, 9.17) is 0 Å². The van der Waals surface area contributed by atoms with Crippen LogP contribution in [0.2, 0.25) is 0 Å². The van der Waals surface area contributed by atoms with E-state index in [1.807, 2.05) is 0 Å². The third-order valence-electron chi connectivity index (χ3n) is 5.20. The number of benzene rings is 3. The SMILES string of the molecule is O=C(c1cccc(C(O)CO)c1)C(C(=O)c1cc(F)c(F)c(F)c1)c1nc2ccccc2[nH]1. The van der Waals surface area contributed by atoms with E-state index in [1.165, 1.54) is 24.3 Å². The summed E-state index contributed by atoms with van der Waals surface area (Å²) in [7, 11) is 0. The van der Waals surface area contributed by atoms with E-state index in [0.29, 0.717) is 23.2 Å². The maximum absolute atomic E-state index is 13.8. The van der Waals surface area contributed by atoms with Crippen molar-refractivity contribution in [2.45, 2.75) is 12.0 Å². The molecule has 4 rings (SSSR count). The van der Waals surface area contributed by atoms with Crippen molar-refractivity contribution >= 4 is 22.6 Å². The first kappa shape index (κ1) is 22.4. The molecule has 2 unspecified atom stereocenters. The number of rotatable bonds is 7. The minimum Gasteiger partial charge on any atom is -0.393 e. The van der Waals surface area contributed by atoms with Crippen molar-refractivity contribution in [3.05, 3.63) is 101 Å². The van der Waals surface area contributed by atoms with Gasteiger partial charge in [0.2, 0.25) is 0 Å². The molecule has 0 aliphatic heterocycles. The molecular weight excluding hydrogens is 437 g/mol. The number of para-hydroxylation sites is 2. The molecule has 0 aliphatic rings. The number of aromatic amines is 1. The highest BCUT2D eigenvalue weighted by atomic mass is 19.2. The van der Waals surface area contributed by atoms with Crippen molar-refractivity contribution < 1.29 is 33.0 Å². The van der Waals surface area contributed by atoms with Crippen molar-refractivity contribution in [1.29, 1.82) is 0 Å². The van der Waals surface area contributed by atoms with Gasteiger partial charge in [0.05, 0.1) is 17.6 Å². The molecule has 0 aliphatic carbocycles. The van der Waals surface area contributed by atoms with Crippen LogP contribution in [0.25, 0.3) is 11.0 Å². The monoisotopic (exact) mass is 454 g/mol. The Labute approximate surface area is 185 Å². The Hall–Kier alpha value is -3.82. The van der Waals surface area contributed by atoms with Crippen molar-refractivity contribution in [1.82, 2.24) is 9.97 Å². The highest BCUT2D eigenvalue weighted by molar-refractivity contribution is 6.19. The maximum Gasteiger partial charge on any atom is 0.194 e. The topological polar surface area (TPSA) is 103 Å². The molecule has 9 heteroatoms. The highest BCUT2D eigenvalue weighted by Crippen LogP contribution is 2.28. The van der Waals surface area contributed by atoms with Gasteiger partial charge in [0.25, 0.3) is 0 Å². The number of hydrogen-bond donors (Lipinski definition) is 3. The van der Waals surface area contributed by atoms with Gasteiger partial charge in [0, 0.05) is 11.1 Å². The van der Waals surface area contributed by atoms with Crippen LogP contribution in [0, 0.1) is 17.5 Å². The van der Waals surface area contributed by atoms with Gasteiger partial charge in [-0.15, -0.1) is 0 Å². The fourth-order valence-electron chi connectivity index (χ4n) is 3.51. The first-order valence-electron chi connectivity index (χ1n) is 9.86. The molecule has 33 heavy (non-hydrogen) atoms. The zero-order chi connectivity index (χ0) is 23.7. The van der Waals surface area contributed by atoms with Crippen molar-refractivity contribution in [2.24, 2.45) is 0 Å². The van der Waals surface area contributed by atoms with E-state index in [9.17, 15) is 33.0 Å². The van der Waals surface area contributed by atoms with Gasteiger partial charge in [-0.25, -0.2) is 18.2 Å². The van der Waals surface area contributed by atoms with E-state index >= 15 is 0 Å². The summed E-state index contributed by atoms with van der Waals surface area (Å²) >= 11 is 0. The van der Waals surface area contributed by atoms with Gasteiger partial charge in [0.15, 0.2) is 29.0 Å². The van der Waals surface area contributed by atoms with Crippen molar-refractivity contribution in [3.63, 3.8) is 0 Å². The molecule has 0 radical (unpaired) electrons. The molecule has 3 N–H and O–H groups in total. The fraction of sp³-hybridized carbons (Fsp3) is 0.125. The van der Waals surface area contributed by atoms with Crippen LogP contribution in [0.4, 0.5) is 13.2 Å². The summed E-state index contributed by atoms with van der Waals surface area (Å²) in [5, 5.41) is 19.1. The molecule has 1 aromatic heterocycles. The van der Waals surface area contributed by atoms with Gasteiger partial charge < -0.3 is 15.2 Å². The van der Waals surface area contributed by atoms with Crippen LogP contribution in [0.3, 0.4) is 0 Å². The fourth-order valence-corrected chi connectivity index (χ4v) is 3.51. The minimum absolute atomic E-state index is 0.00172. The molecule has 4 aromatic rings. The Kier molecular flexibility index (Phi) is 6.08. The first-order chi connectivity index (χ1) is 15.8. The molecule has 0 saturated carbocycles. The summed E-state index contributed by atoms with van der Waals surface area (Å²) in [5.74, 6) is -8.33. The molecule has 1 heterocycles. The van der Waals surface area contributed by atoms with Gasteiger partial charge in [-0.3, -0.25) is 9.59 Å². The van der Waals surface area contributed by atoms with Crippen LogP contribution < -0.4 is 0 Å². The van der Waals surface area contributed by atoms with Crippen LogP contribution in [-0.2, 0) is 0 Å². The number of hydrogen-bond acceptors (Lipinski definition) is 5. The number of ketones is 2. The Balaban J connectivity index is 1.84. The average Bonchev–Trinajstić information content (AvgIpc) is 3.25. The summed E-state index contributed by atoms with van der Waals surface area (Å²) < 4.78 is 41.0. The Morgan fingerprint density at radius 2 is 1.58 bits per heavy atom. The lowest BCUT2D eigenvalue weighted by Crippen LogP contribution is -2.24. The molecule has 2 atom stereocenters. The van der Waals surface area contributed by atoms with Crippen LogP contribution in [0.5, 0.6) is 0 Å². The number of halogens is 3. The summed E-state index contributed by atoms with van der Waals surface area (Å²) in [6, 6.07) is 13.4. The third kappa shape index (κ3) is 4.28. The van der Waals surface area contributed by atoms with E-state index in [2.05, 4.69) is 9.97 Å². The summed E-state index contributed by atoms with van der Waals surface area (Å²) in [6.07, 6.45) is -1.25. The average molecular weight is 454 g/mol. The lowest BCUT2D eigenvalue weighted by Gasteiger charge is -2.15. The number of aliphatic hydroxyl groups is 2. The van der Waals surface area contributed by atoms with Crippen molar-refractivity contribution in [2.75, 3.05) is 6.61 Å². The Bertz CT molecular complexity index is 1310. The molecule has 0 spiro atoms. The Morgan fingerprint density at radius 3 is 2.24 bits per heavy atom. The van der Waals surface area contributed by atoms with Gasteiger partial charge in [-0.05, 0) is 35.9 Å². The number of nitrogens with one attached hydrogen (secondary N) is 1. The summed E-state index contributed by atoms with van der Waals surface area (Å²) in [5.41, 5.74) is 0.676. The first-order valence-corrected chi connectivity index (χ1v) is 9.86. The van der Waals surface area contributed by atoms with Gasteiger partial charge in [-0.1, -0.05) is 30.3 Å². The normalized spacial score (nSPS) is 13.1. The minimum atomic E-state index is -1.73. The molecule has 0 amide bonds. The van der Waals surface area contributed by atoms with E-state index in [0.717, 1.165) is 0 Å². The maximum atomic E-state index is 13.8. The molecule has 6 nitrogen and oxygen atoms in total. The van der Waals surface area contributed by atoms with E-state index < -0.39 is 53.2 Å². The lowest BCUT2D eigenvalue weighted by molar-refractivity contribution is 0.0853. The molecule has 0 fully saturated rings. The molecule has 0 bridgehead atoms. The van der Waals surface area contributed by atoms with Gasteiger partial charge in [0.1, 0.15) is 17.8 Å². The van der Waals surface area contributed by atoms with E-state index in [-0.39, 0.29) is 17.0 Å². The number of aromatic nitrogens is 2. The number of carbonyl (C=O) groups is 2. The molecule has 168 valence electrons. The standard InChI is InChI=1S/C24H17F3N2O4/c25-15-9-14(10-16(26)21(15)27)23(33)20(24-28-17-6-1-2-7-18(17)29-24)22(32)13-5-3-4-12(8-13)19(31)11-30/h1-10,19-20,30-31H,11H2,(H,28,29).